The van der Waals surface area contributed by atoms with E-state index >= 15 is 0 Å². The van der Waals surface area contributed by atoms with E-state index in [1.54, 1.807) is 13.3 Å². The van der Waals surface area contributed by atoms with Crippen LogP contribution < -0.4 is 10.1 Å². The van der Waals surface area contributed by atoms with Gasteiger partial charge in [-0.15, -0.1) is 0 Å². The number of nitrogens with one attached hydrogen (secondary N) is 1. The molecule has 0 bridgehead atoms. The number of methoxy groups -OCH3 is 1. The van der Waals surface area contributed by atoms with Crippen LogP contribution in [0.15, 0.2) is 36.7 Å². The van der Waals surface area contributed by atoms with Crippen LogP contribution in [-0.2, 0) is 19.4 Å². The lowest BCUT2D eigenvalue weighted by Gasteiger charge is -2.15. The third-order valence-electron chi connectivity index (χ3n) is 4.70. The molecule has 1 N–H and O–H groups in total. The molecule has 6 heteroatoms. The Bertz CT molecular complexity index is 932. The van der Waals surface area contributed by atoms with Crippen LogP contribution >= 0.6 is 0 Å². The van der Waals surface area contributed by atoms with Crippen molar-refractivity contribution in [3.63, 3.8) is 0 Å². The van der Waals surface area contributed by atoms with E-state index in [2.05, 4.69) is 15.4 Å². The summed E-state index contributed by atoms with van der Waals surface area (Å²) in [4.78, 5) is 17.1. The summed E-state index contributed by atoms with van der Waals surface area (Å²) in [6.07, 6.45) is 7.86. The molecule has 0 spiro atoms. The average molecular weight is 336 g/mol. The highest BCUT2D eigenvalue weighted by molar-refractivity contribution is 5.99. The molecule has 0 unspecified atom stereocenters. The number of aromatic nitrogens is 3. The lowest BCUT2D eigenvalue weighted by atomic mass is 9.97. The lowest BCUT2D eigenvalue weighted by Crippen LogP contribution is -2.23. The van der Waals surface area contributed by atoms with Gasteiger partial charge in [0, 0.05) is 24.0 Å². The first-order valence-electron chi connectivity index (χ1n) is 8.52. The third-order valence-corrected chi connectivity index (χ3v) is 4.70. The maximum Gasteiger partial charge on any atom is 0.257 e. The quantitative estimate of drug-likeness (QED) is 0.795. The van der Waals surface area contributed by atoms with Crippen molar-refractivity contribution in [2.45, 2.75) is 32.2 Å². The summed E-state index contributed by atoms with van der Waals surface area (Å²) in [5.74, 6) is 0.582. The second-order valence-electron chi connectivity index (χ2n) is 6.23. The van der Waals surface area contributed by atoms with Gasteiger partial charge >= 0.3 is 0 Å². The predicted octanol–water partition coefficient (Wildman–Crippen LogP) is 2.55. The number of hydrogen-bond donors (Lipinski definition) is 1. The molecule has 0 saturated heterocycles. The van der Waals surface area contributed by atoms with Gasteiger partial charge in [0.15, 0.2) is 5.65 Å². The molecule has 1 amide bonds. The van der Waals surface area contributed by atoms with Crippen LogP contribution in [0.4, 0.5) is 0 Å². The Hall–Kier alpha value is -2.89. The summed E-state index contributed by atoms with van der Waals surface area (Å²) in [7, 11) is 1.62. The van der Waals surface area contributed by atoms with E-state index in [1.165, 1.54) is 17.7 Å². The van der Waals surface area contributed by atoms with Crippen molar-refractivity contribution in [2.24, 2.45) is 0 Å². The molecule has 2 heterocycles. The van der Waals surface area contributed by atoms with Crippen LogP contribution in [0.2, 0.25) is 0 Å². The number of nitrogens with zero attached hydrogens (tertiary/aromatic N) is 3. The van der Waals surface area contributed by atoms with Crippen molar-refractivity contribution in [1.82, 2.24) is 19.9 Å². The number of fused-ring (bicyclic) bond motifs is 3. The number of para-hydroxylation sites is 1. The van der Waals surface area contributed by atoms with Gasteiger partial charge in [-0.1, -0.05) is 18.2 Å². The summed E-state index contributed by atoms with van der Waals surface area (Å²) in [5.41, 5.74) is 4.48. The highest BCUT2D eigenvalue weighted by atomic mass is 16.5. The average Bonchev–Trinajstić information content (AvgIpc) is 3.11. The Morgan fingerprint density at radius 3 is 2.96 bits per heavy atom. The monoisotopic (exact) mass is 336 g/mol. The summed E-state index contributed by atoms with van der Waals surface area (Å²) in [6, 6.07) is 7.64. The maximum atomic E-state index is 12.6. The Kier molecular flexibility index (Phi) is 4.09. The Labute approximate surface area is 145 Å². The van der Waals surface area contributed by atoms with Gasteiger partial charge < -0.3 is 10.1 Å². The van der Waals surface area contributed by atoms with E-state index in [4.69, 9.17) is 4.74 Å². The zero-order valence-electron chi connectivity index (χ0n) is 14.2. The Morgan fingerprint density at radius 1 is 1.24 bits per heavy atom. The first-order valence-corrected chi connectivity index (χ1v) is 8.52. The number of carbonyl (C=O) groups is 1. The molecule has 0 radical (unpaired) electrons. The lowest BCUT2D eigenvalue weighted by molar-refractivity contribution is 0.0952. The first-order chi connectivity index (χ1) is 12.3. The van der Waals surface area contributed by atoms with Crippen LogP contribution in [0.5, 0.6) is 5.75 Å². The van der Waals surface area contributed by atoms with Crippen molar-refractivity contribution in [1.29, 1.82) is 0 Å². The van der Waals surface area contributed by atoms with Gasteiger partial charge in [0.05, 0.1) is 13.3 Å². The van der Waals surface area contributed by atoms with E-state index in [0.717, 1.165) is 30.6 Å². The maximum absolute atomic E-state index is 12.6. The minimum Gasteiger partial charge on any atom is -0.496 e. The number of ether oxygens (including phenoxy) is 1. The summed E-state index contributed by atoms with van der Waals surface area (Å²) in [6.45, 7) is 0.394. The van der Waals surface area contributed by atoms with E-state index in [9.17, 15) is 4.79 Å². The molecule has 0 fully saturated rings. The molecule has 0 aliphatic heterocycles. The molecule has 3 aromatic rings. The van der Waals surface area contributed by atoms with Gasteiger partial charge in [-0.2, -0.15) is 5.10 Å². The second kappa shape index (κ2) is 6.55. The number of amides is 1. The van der Waals surface area contributed by atoms with E-state index in [1.807, 2.05) is 35.0 Å². The largest absolute Gasteiger partial charge is 0.496 e. The smallest absolute Gasteiger partial charge is 0.257 e. The Balaban J connectivity index is 1.58. The van der Waals surface area contributed by atoms with E-state index in [-0.39, 0.29) is 5.91 Å². The van der Waals surface area contributed by atoms with Crippen molar-refractivity contribution in [3.8, 4) is 5.75 Å². The molecule has 6 nitrogen and oxygen atoms in total. The second-order valence-corrected chi connectivity index (χ2v) is 6.23. The fourth-order valence-electron chi connectivity index (χ4n) is 3.38. The summed E-state index contributed by atoms with van der Waals surface area (Å²) < 4.78 is 7.15. The van der Waals surface area contributed by atoms with Gasteiger partial charge in [-0.3, -0.25) is 4.79 Å². The van der Waals surface area contributed by atoms with Crippen molar-refractivity contribution in [2.75, 3.05) is 7.11 Å². The van der Waals surface area contributed by atoms with Gasteiger partial charge in [0.2, 0.25) is 0 Å². The number of aryl methyl sites for hydroxylation is 2. The fraction of sp³-hybridized carbons (Fsp3) is 0.316. The molecule has 25 heavy (non-hydrogen) atoms. The number of benzene rings is 1. The minimum atomic E-state index is -0.177. The molecule has 128 valence electrons. The normalized spacial score (nSPS) is 13.5. The van der Waals surface area contributed by atoms with Crippen LogP contribution in [0, 0.1) is 0 Å². The van der Waals surface area contributed by atoms with Crippen LogP contribution in [0.25, 0.3) is 5.65 Å². The van der Waals surface area contributed by atoms with Gasteiger partial charge in [0.1, 0.15) is 11.3 Å². The summed E-state index contributed by atoms with van der Waals surface area (Å²) in [5, 5.41) is 7.35. The molecule has 1 aromatic carbocycles. The molecule has 0 saturated carbocycles. The van der Waals surface area contributed by atoms with Crippen molar-refractivity contribution >= 4 is 11.6 Å². The van der Waals surface area contributed by atoms with Crippen LogP contribution in [0.3, 0.4) is 0 Å². The van der Waals surface area contributed by atoms with Crippen molar-refractivity contribution in [3.05, 3.63) is 59.0 Å². The Morgan fingerprint density at radius 2 is 2.08 bits per heavy atom. The first kappa shape index (κ1) is 15.6. The van der Waals surface area contributed by atoms with Crippen LogP contribution in [-0.4, -0.2) is 27.6 Å². The number of rotatable bonds is 4. The van der Waals surface area contributed by atoms with Gasteiger partial charge in [0.25, 0.3) is 5.91 Å². The molecule has 4 rings (SSSR count). The predicted molar refractivity (Wildman–Crippen MR) is 93.8 cm³/mol. The minimum absolute atomic E-state index is 0.177. The van der Waals surface area contributed by atoms with E-state index in [0.29, 0.717) is 17.8 Å². The molecule has 2 aromatic heterocycles. The molecule has 1 aliphatic rings. The third kappa shape index (κ3) is 2.84. The number of hydrogen-bond acceptors (Lipinski definition) is 4. The topological polar surface area (TPSA) is 68.5 Å². The van der Waals surface area contributed by atoms with E-state index < -0.39 is 0 Å². The van der Waals surface area contributed by atoms with Gasteiger partial charge in [-0.25, -0.2) is 9.50 Å². The number of carbonyl (C=O) groups excluding carboxylic acids is 1. The standard InChI is InChI=1S/C19H20N4O2/c1-25-17-9-5-3-7-14(17)11-21-19(24)15-12-22-23-16-8-4-2-6-13(16)10-20-18(15)23/h3,5,7,9-10,12H,2,4,6,8,11H2,1H3,(H,21,24). The van der Waals surface area contributed by atoms with Crippen LogP contribution in [0.1, 0.15) is 40.0 Å². The highest BCUT2D eigenvalue weighted by Gasteiger charge is 2.19. The fourth-order valence-corrected chi connectivity index (χ4v) is 3.38. The molecular weight excluding hydrogens is 316 g/mol. The SMILES string of the molecule is COc1ccccc1CNC(=O)c1cnn2c3c(cnc12)CCCC3. The zero-order valence-corrected chi connectivity index (χ0v) is 14.2. The molecule has 1 aliphatic carbocycles. The zero-order chi connectivity index (χ0) is 17.2. The molecular formula is C19H20N4O2. The molecule has 0 atom stereocenters. The van der Waals surface area contributed by atoms with Crippen molar-refractivity contribution < 1.29 is 9.53 Å². The summed E-state index contributed by atoms with van der Waals surface area (Å²) >= 11 is 0. The van der Waals surface area contributed by atoms with Gasteiger partial charge in [-0.05, 0) is 37.3 Å². The highest BCUT2D eigenvalue weighted by Crippen LogP contribution is 2.22.